The summed E-state index contributed by atoms with van der Waals surface area (Å²) in [5.41, 5.74) is 2.18. The van der Waals surface area contributed by atoms with Gasteiger partial charge in [-0.3, -0.25) is 4.79 Å². The quantitative estimate of drug-likeness (QED) is 0.440. The van der Waals surface area contributed by atoms with Crippen molar-refractivity contribution < 1.29 is 18.8 Å². The number of ether oxygens (including phenoxy) is 2. The van der Waals surface area contributed by atoms with Gasteiger partial charge in [-0.2, -0.15) is 4.98 Å². The van der Waals surface area contributed by atoms with Crippen LogP contribution in [0.3, 0.4) is 0 Å². The summed E-state index contributed by atoms with van der Waals surface area (Å²) in [6.07, 6.45) is 0. The zero-order valence-electron chi connectivity index (χ0n) is 16.8. The topological polar surface area (TPSA) is 86.5 Å². The number of carbonyl (C=O) groups excluding carboxylic acids is 1. The predicted molar refractivity (Wildman–Crippen MR) is 118 cm³/mol. The van der Waals surface area contributed by atoms with Gasteiger partial charge < -0.3 is 19.3 Å². The molecule has 0 bridgehead atoms. The van der Waals surface area contributed by atoms with Gasteiger partial charge in [0.25, 0.3) is 11.8 Å². The lowest BCUT2D eigenvalue weighted by molar-refractivity contribution is 0.102. The number of rotatable bonds is 6. The maximum atomic E-state index is 12.9. The molecule has 0 spiro atoms. The van der Waals surface area contributed by atoms with Crippen molar-refractivity contribution >= 4 is 23.2 Å². The molecule has 31 heavy (non-hydrogen) atoms. The first-order valence-corrected chi connectivity index (χ1v) is 9.69. The van der Waals surface area contributed by atoms with Crippen LogP contribution in [0.15, 0.2) is 71.3 Å². The van der Waals surface area contributed by atoms with Gasteiger partial charge in [0.15, 0.2) is 11.5 Å². The Morgan fingerprint density at radius 1 is 0.968 bits per heavy atom. The van der Waals surface area contributed by atoms with Crippen molar-refractivity contribution in [3.8, 4) is 34.3 Å². The van der Waals surface area contributed by atoms with E-state index in [0.717, 1.165) is 0 Å². The van der Waals surface area contributed by atoms with Gasteiger partial charge in [0.1, 0.15) is 0 Å². The lowest BCUT2D eigenvalue weighted by Crippen LogP contribution is -2.13. The highest BCUT2D eigenvalue weighted by atomic mass is 35.5. The van der Waals surface area contributed by atoms with Gasteiger partial charge in [0.2, 0.25) is 5.82 Å². The maximum Gasteiger partial charge on any atom is 0.259 e. The molecule has 0 fully saturated rings. The van der Waals surface area contributed by atoms with E-state index in [1.807, 2.05) is 0 Å². The van der Waals surface area contributed by atoms with Crippen LogP contribution in [0, 0.1) is 0 Å². The molecule has 0 aliphatic heterocycles. The minimum absolute atomic E-state index is 0.224. The predicted octanol–water partition coefficient (Wildman–Crippen LogP) is 5.33. The molecule has 0 aliphatic rings. The molecule has 8 heteroatoms. The van der Waals surface area contributed by atoms with Crippen molar-refractivity contribution in [2.24, 2.45) is 0 Å². The fraction of sp³-hybridized carbons (Fsp3) is 0.0870. The minimum atomic E-state index is -0.316. The van der Waals surface area contributed by atoms with Gasteiger partial charge in [-0.05, 0) is 48.5 Å². The summed E-state index contributed by atoms with van der Waals surface area (Å²) in [6.45, 7) is 0. The summed E-state index contributed by atoms with van der Waals surface area (Å²) < 4.78 is 16.1. The van der Waals surface area contributed by atoms with Gasteiger partial charge in [-0.15, -0.1) is 0 Å². The number of hydrogen-bond donors (Lipinski definition) is 1. The molecule has 1 heterocycles. The van der Waals surface area contributed by atoms with E-state index in [9.17, 15) is 4.79 Å². The zero-order valence-corrected chi connectivity index (χ0v) is 17.5. The number of hydrogen-bond acceptors (Lipinski definition) is 6. The molecule has 0 saturated heterocycles. The van der Waals surface area contributed by atoms with Crippen LogP contribution in [0.25, 0.3) is 22.8 Å². The number of benzene rings is 3. The van der Waals surface area contributed by atoms with Crippen molar-refractivity contribution in [2.75, 3.05) is 19.5 Å². The molecular weight excluding hydrogens is 418 g/mol. The first-order valence-electron chi connectivity index (χ1n) is 9.31. The normalized spacial score (nSPS) is 10.5. The number of aromatic nitrogens is 2. The number of anilines is 1. The molecule has 4 rings (SSSR count). The van der Waals surface area contributed by atoms with Crippen molar-refractivity contribution in [3.05, 3.63) is 77.3 Å². The molecule has 156 valence electrons. The molecule has 0 unspecified atom stereocenters. The number of carbonyl (C=O) groups is 1. The molecule has 4 aromatic rings. The Kier molecular flexibility index (Phi) is 5.86. The SMILES string of the molecule is COc1ccc(-c2noc(-c3ccccc3C(=O)Nc3cccc(Cl)c3)n2)cc1OC. The van der Waals surface area contributed by atoms with E-state index < -0.39 is 0 Å². The van der Waals surface area contributed by atoms with E-state index in [0.29, 0.717) is 44.7 Å². The van der Waals surface area contributed by atoms with Gasteiger partial charge >= 0.3 is 0 Å². The van der Waals surface area contributed by atoms with E-state index in [2.05, 4.69) is 15.5 Å². The Labute approximate surface area is 183 Å². The summed E-state index contributed by atoms with van der Waals surface area (Å²) in [6, 6.07) is 19.2. The van der Waals surface area contributed by atoms with Crippen LogP contribution in [-0.4, -0.2) is 30.3 Å². The summed E-state index contributed by atoms with van der Waals surface area (Å²) in [5.74, 6) is 1.41. The summed E-state index contributed by atoms with van der Waals surface area (Å²) in [4.78, 5) is 17.3. The van der Waals surface area contributed by atoms with E-state index in [1.54, 1.807) is 80.9 Å². The number of halogens is 1. The number of nitrogens with one attached hydrogen (secondary N) is 1. The van der Waals surface area contributed by atoms with Gasteiger partial charge in [-0.1, -0.05) is 35.0 Å². The van der Waals surface area contributed by atoms with Gasteiger partial charge in [-0.25, -0.2) is 0 Å². The van der Waals surface area contributed by atoms with E-state index in [1.165, 1.54) is 0 Å². The third-order valence-corrected chi connectivity index (χ3v) is 4.79. The molecule has 1 aromatic heterocycles. The van der Waals surface area contributed by atoms with Crippen molar-refractivity contribution in [2.45, 2.75) is 0 Å². The average molecular weight is 436 g/mol. The second kappa shape index (κ2) is 8.89. The number of amides is 1. The van der Waals surface area contributed by atoms with Gasteiger partial charge in [0, 0.05) is 16.3 Å². The lowest BCUT2D eigenvalue weighted by Gasteiger charge is -2.08. The highest BCUT2D eigenvalue weighted by Gasteiger charge is 2.19. The summed E-state index contributed by atoms with van der Waals surface area (Å²) >= 11 is 6.00. The fourth-order valence-corrected chi connectivity index (χ4v) is 3.25. The molecule has 1 N–H and O–H groups in total. The van der Waals surface area contributed by atoms with Crippen LogP contribution in [-0.2, 0) is 0 Å². The summed E-state index contributed by atoms with van der Waals surface area (Å²) in [5, 5.41) is 7.42. The third-order valence-electron chi connectivity index (χ3n) is 4.55. The highest BCUT2D eigenvalue weighted by molar-refractivity contribution is 6.31. The van der Waals surface area contributed by atoms with Crippen molar-refractivity contribution in [1.82, 2.24) is 10.1 Å². The summed E-state index contributed by atoms with van der Waals surface area (Å²) in [7, 11) is 3.12. The van der Waals surface area contributed by atoms with Crippen LogP contribution in [0.5, 0.6) is 11.5 Å². The Morgan fingerprint density at radius 2 is 1.77 bits per heavy atom. The second-order valence-corrected chi connectivity index (χ2v) is 6.94. The largest absolute Gasteiger partial charge is 0.493 e. The Bertz CT molecular complexity index is 1240. The monoisotopic (exact) mass is 435 g/mol. The first kappa shape index (κ1) is 20.4. The van der Waals surface area contributed by atoms with Crippen LogP contribution in [0.2, 0.25) is 5.02 Å². The Balaban J connectivity index is 1.65. The fourth-order valence-electron chi connectivity index (χ4n) is 3.06. The van der Waals surface area contributed by atoms with Crippen LogP contribution in [0.4, 0.5) is 5.69 Å². The van der Waals surface area contributed by atoms with E-state index >= 15 is 0 Å². The lowest BCUT2D eigenvalue weighted by atomic mass is 10.1. The second-order valence-electron chi connectivity index (χ2n) is 6.50. The molecule has 0 saturated carbocycles. The van der Waals surface area contributed by atoms with Gasteiger partial charge in [0.05, 0.1) is 25.3 Å². The average Bonchev–Trinajstić information content (AvgIpc) is 3.29. The minimum Gasteiger partial charge on any atom is -0.493 e. The molecule has 0 radical (unpaired) electrons. The Morgan fingerprint density at radius 3 is 2.55 bits per heavy atom. The Hall–Kier alpha value is -3.84. The van der Waals surface area contributed by atoms with Crippen LogP contribution >= 0.6 is 11.6 Å². The van der Waals surface area contributed by atoms with Crippen LogP contribution in [0.1, 0.15) is 10.4 Å². The standard InChI is InChI=1S/C23H18ClN3O4/c1-29-19-11-10-14(12-20(19)30-2)21-26-23(31-27-21)18-9-4-3-8-17(18)22(28)25-16-7-5-6-15(24)13-16/h3-13H,1-2H3,(H,25,28). The van der Waals surface area contributed by atoms with Crippen molar-refractivity contribution in [1.29, 1.82) is 0 Å². The first-order chi connectivity index (χ1) is 15.1. The molecular formula is C23H18ClN3O4. The van der Waals surface area contributed by atoms with Crippen LogP contribution < -0.4 is 14.8 Å². The molecule has 0 atom stereocenters. The zero-order chi connectivity index (χ0) is 21.8. The maximum absolute atomic E-state index is 12.9. The number of methoxy groups -OCH3 is 2. The van der Waals surface area contributed by atoms with E-state index in [-0.39, 0.29) is 11.8 Å². The van der Waals surface area contributed by atoms with Crippen molar-refractivity contribution in [3.63, 3.8) is 0 Å². The molecule has 0 aliphatic carbocycles. The number of nitrogens with zero attached hydrogens (tertiary/aromatic N) is 2. The third kappa shape index (κ3) is 4.36. The molecule has 1 amide bonds. The smallest absolute Gasteiger partial charge is 0.259 e. The molecule has 7 nitrogen and oxygen atoms in total. The van der Waals surface area contributed by atoms with E-state index in [4.69, 9.17) is 25.6 Å². The highest BCUT2D eigenvalue weighted by Crippen LogP contribution is 2.32. The molecule has 3 aromatic carbocycles.